The summed E-state index contributed by atoms with van der Waals surface area (Å²) >= 11 is 0. The van der Waals surface area contributed by atoms with E-state index < -0.39 is 11.6 Å². The van der Waals surface area contributed by atoms with Crippen molar-refractivity contribution in [2.75, 3.05) is 26.2 Å². The summed E-state index contributed by atoms with van der Waals surface area (Å²) < 4.78 is 5.81. The smallest absolute Gasteiger partial charge is 0.287 e. The second-order valence-corrected chi connectivity index (χ2v) is 7.51. The van der Waals surface area contributed by atoms with Crippen molar-refractivity contribution in [3.05, 3.63) is 59.5 Å². The molecule has 3 N–H and O–H groups in total. The maximum atomic E-state index is 12.9. The van der Waals surface area contributed by atoms with Gasteiger partial charge in [0, 0.05) is 6.54 Å². The number of hydrogen-bond donors (Lipinski definition) is 3. The first kappa shape index (κ1) is 18.2. The van der Waals surface area contributed by atoms with Crippen LogP contribution in [0.2, 0.25) is 0 Å². The van der Waals surface area contributed by atoms with Gasteiger partial charge in [-0.2, -0.15) is 0 Å². The van der Waals surface area contributed by atoms with Gasteiger partial charge in [0.05, 0.1) is 18.2 Å². The molecule has 0 aliphatic carbocycles. The molecule has 6 heteroatoms. The van der Waals surface area contributed by atoms with Crippen LogP contribution >= 0.6 is 0 Å². The molecule has 144 valence electrons. The molecule has 4 rings (SSSR count). The first-order valence-electron chi connectivity index (χ1n) is 9.75. The van der Waals surface area contributed by atoms with Gasteiger partial charge in [-0.25, -0.2) is 0 Å². The van der Waals surface area contributed by atoms with Gasteiger partial charge in [0.1, 0.15) is 5.76 Å². The van der Waals surface area contributed by atoms with Gasteiger partial charge in [0.25, 0.3) is 5.91 Å². The molecule has 0 spiro atoms. The molecule has 27 heavy (non-hydrogen) atoms. The lowest BCUT2D eigenvalue weighted by molar-refractivity contribution is 0.0279. The Labute approximate surface area is 159 Å². The van der Waals surface area contributed by atoms with Crippen LogP contribution in [0.1, 0.15) is 41.1 Å². The molecule has 2 aromatic rings. The predicted octanol–water partition coefficient (Wildman–Crippen LogP) is 1.85. The molecule has 1 amide bonds. The quantitative estimate of drug-likeness (QED) is 0.750. The normalized spacial score (nSPS) is 26.2. The number of amides is 1. The molecule has 0 unspecified atom stereocenters. The summed E-state index contributed by atoms with van der Waals surface area (Å²) in [6.45, 7) is 4.07. The SMILES string of the molecule is O=C(N[C@]1(c2ccccc2)CCNC[C@H]1O)c1ccc(CN2CCCC2)o1. The zero-order valence-corrected chi connectivity index (χ0v) is 15.5. The minimum Gasteiger partial charge on any atom is -0.455 e. The number of furan rings is 1. The van der Waals surface area contributed by atoms with E-state index in [9.17, 15) is 9.90 Å². The van der Waals surface area contributed by atoms with E-state index in [-0.39, 0.29) is 5.91 Å². The molecule has 6 nitrogen and oxygen atoms in total. The van der Waals surface area contributed by atoms with Crippen LogP contribution in [0.15, 0.2) is 46.9 Å². The molecule has 2 atom stereocenters. The Balaban J connectivity index is 1.53. The van der Waals surface area contributed by atoms with E-state index in [4.69, 9.17) is 4.42 Å². The van der Waals surface area contributed by atoms with Gasteiger partial charge < -0.3 is 20.2 Å². The van der Waals surface area contributed by atoms with Crippen LogP contribution < -0.4 is 10.6 Å². The highest BCUT2D eigenvalue weighted by Crippen LogP contribution is 2.31. The molecule has 1 aromatic heterocycles. The fraction of sp³-hybridized carbons (Fsp3) is 0.476. The van der Waals surface area contributed by atoms with E-state index in [0.29, 0.717) is 18.7 Å². The molecule has 2 aliphatic rings. The Kier molecular flexibility index (Phi) is 5.29. The standard InChI is InChI=1S/C21H27N3O3/c25-19-14-22-11-10-21(19,16-6-2-1-3-7-16)23-20(26)18-9-8-17(27-18)15-24-12-4-5-13-24/h1-3,6-9,19,22,25H,4-5,10-15H2,(H,23,26)/t19-,21+/m1/s1. The van der Waals surface area contributed by atoms with Crippen LogP contribution in [0.3, 0.4) is 0 Å². The van der Waals surface area contributed by atoms with Crippen LogP contribution in [0.4, 0.5) is 0 Å². The monoisotopic (exact) mass is 369 g/mol. The molecule has 3 heterocycles. The minimum atomic E-state index is -0.814. The number of hydrogen-bond acceptors (Lipinski definition) is 5. The van der Waals surface area contributed by atoms with E-state index >= 15 is 0 Å². The highest BCUT2D eigenvalue weighted by molar-refractivity contribution is 5.92. The Morgan fingerprint density at radius 2 is 2.00 bits per heavy atom. The number of carbonyl (C=O) groups excluding carboxylic acids is 1. The van der Waals surface area contributed by atoms with Crippen LogP contribution in [-0.4, -0.2) is 48.2 Å². The number of aliphatic hydroxyl groups is 1. The van der Waals surface area contributed by atoms with Crippen molar-refractivity contribution >= 4 is 5.91 Å². The molecule has 0 radical (unpaired) electrons. The first-order valence-corrected chi connectivity index (χ1v) is 9.75. The van der Waals surface area contributed by atoms with Gasteiger partial charge in [0.2, 0.25) is 0 Å². The van der Waals surface area contributed by atoms with Crippen molar-refractivity contribution in [1.82, 2.24) is 15.5 Å². The van der Waals surface area contributed by atoms with Crippen molar-refractivity contribution in [1.29, 1.82) is 0 Å². The number of aliphatic hydroxyl groups excluding tert-OH is 1. The summed E-state index contributed by atoms with van der Waals surface area (Å²) in [7, 11) is 0. The zero-order valence-electron chi connectivity index (χ0n) is 15.5. The van der Waals surface area contributed by atoms with E-state index in [2.05, 4.69) is 15.5 Å². The van der Waals surface area contributed by atoms with Gasteiger partial charge >= 0.3 is 0 Å². The van der Waals surface area contributed by atoms with Crippen LogP contribution in [0, 0.1) is 0 Å². The molecule has 2 saturated heterocycles. The van der Waals surface area contributed by atoms with Crippen molar-refractivity contribution in [3.8, 4) is 0 Å². The summed E-state index contributed by atoms with van der Waals surface area (Å²) in [6, 6.07) is 13.3. The number of benzene rings is 1. The second kappa shape index (κ2) is 7.84. The van der Waals surface area contributed by atoms with Crippen molar-refractivity contribution in [2.45, 2.75) is 37.5 Å². The van der Waals surface area contributed by atoms with Crippen molar-refractivity contribution < 1.29 is 14.3 Å². The lowest BCUT2D eigenvalue weighted by Crippen LogP contribution is -2.61. The first-order chi connectivity index (χ1) is 13.2. The third kappa shape index (κ3) is 3.78. The van der Waals surface area contributed by atoms with E-state index in [1.165, 1.54) is 12.8 Å². The fourth-order valence-electron chi connectivity index (χ4n) is 4.17. The van der Waals surface area contributed by atoms with Gasteiger partial charge in [-0.3, -0.25) is 9.69 Å². The van der Waals surface area contributed by atoms with E-state index in [1.807, 2.05) is 36.4 Å². The maximum absolute atomic E-state index is 12.9. The third-order valence-corrected chi connectivity index (χ3v) is 5.69. The number of carbonyl (C=O) groups is 1. The van der Waals surface area contributed by atoms with Gasteiger partial charge in [-0.1, -0.05) is 30.3 Å². The highest BCUT2D eigenvalue weighted by atomic mass is 16.4. The Hall–Kier alpha value is -2.15. The Morgan fingerprint density at radius 1 is 1.22 bits per heavy atom. The predicted molar refractivity (Wildman–Crippen MR) is 102 cm³/mol. The van der Waals surface area contributed by atoms with E-state index in [0.717, 1.165) is 37.5 Å². The number of nitrogens with one attached hydrogen (secondary N) is 2. The summed E-state index contributed by atoms with van der Waals surface area (Å²) in [4.78, 5) is 15.3. The molecular weight excluding hydrogens is 342 g/mol. The summed E-state index contributed by atoms with van der Waals surface area (Å²) in [5.41, 5.74) is 0.0992. The summed E-state index contributed by atoms with van der Waals surface area (Å²) in [6.07, 6.45) is 2.35. The average molecular weight is 369 g/mol. The number of piperidine rings is 1. The maximum Gasteiger partial charge on any atom is 0.287 e. The number of nitrogens with zero attached hydrogens (tertiary/aromatic N) is 1. The zero-order chi connectivity index (χ0) is 18.7. The number of likely N-dealkylation sites (tertiary alicyclic amines) is 1. The lowest BCUT2D eigenvalue weighted by atomic mass is 9.79. The average Bonchev–Trinajstić information content (AvgIpc) is 3.37. The molecule has 0 saturated carbocycles. The molecule has 0 bridgehead atoms. The van der Waals surface area contributed by atoms with Crippen LogP contribution in [-0.2, 0) is 12.1 Å². The molecule has 2 fully saturated rings. The van der Waals surface area contributed by atoms with Crippen molar-refractivity contribution in [3.63, 3.8) is 0 Å². The van der Waals surface area contributed by atoms with Crippen LogP contribution in [0.5, 0.6) is 0 Å². The Bertz CT molecular complexity index is 770. The molecular formula is C21H27N3O3. The topological polar surface area (TPSA) is 77.7 Å². The highest BCUT2D eigenvalue weighted by Gasteiger charge is 2.43. The minimum absolute atomic E-state index is 0.285. The summed E-state index contributed by atoms with van der Waals surface area (Å²) in [5.74, 6) is 0.819. The second-order valence-electron chi connectivity index (χ2n) is 7.51. The van der Waals surface area contributed by atoms with Gasteiger partial charge in [0.15, 0.2) is 5.76 Å². The van der Waals surface area contributed by atoms with Crippen LogP contribution in [0.25, 0.3) is 0 Å². The van der Waals surface area contributed by atoms with E-state index in [1.54, 1.807) is 6.07 Å². The molecule has 2 aliphatic heterocycles. The van der Waals surface area contributed by atoms with Gasteiger partial charge in [-0.15, -0.1) is 0 Å². The lowest BCUT2D eigenvalue weighted by Gasteiger charge is -2.42. The third-order valence-electron chi connectivity index (χ3n) is 5.69. The summed E-state index contributed by atoms with van der Waals surface area (Å²) in [5, 5.41) is 17.0. The largest absolute Gasteiger partial charge is 0.455 e. The number of β-amino-alcohol motifs (C(OH)–C–C–N with tert-alkyl or cyclic N) is 1. The molecule has 1 aromatic carbocycles. The number of rotatable bonds is 5. The van der Waals surface area contributed by atoms with Crippen molar-refractivity contribution in [2.24, 2.45) is 0 Å². The van der Waals surface area contributed by atoms with Gasteiger partial charge in [-0.05, 0) is 56.6 Å². The fourth-order valence-corrected chi connectivity index (χ4v) is 4.17. The Morgan fingerprint density at radius 3 is 2.74 bits per heavy atom.